The summed E-state index contributed by atoms with van der Waals surface area (Å²) in [5.74, 6) is 0.680. The summed E-state index contributed by atoms with van der Waals surface area (Å²) in [5, 5.41) is 6.12. The van der Waals surface area contributed by atoms with Crippen LogP contribution in [0.3, 0.4) is 0 Å². The number of thiazole rings is 1. The number of anilines is 1. The number of ether oxygens (including phenoxy) is 1. The van der Waals surface area contributed by atoms with E-state index in [4.69, 9.17) is 16.3 Å². The summed E-state index contributed by atoms with van der Waals surface area (Å²) >= 11 is 7.40. The van der Waals surface area contributed by atoms with Gasteiger partial charge in [-0.2, -0.15) is 0 Å². The van der Waals surface area contributed by atoms with Crippen molar-refractivity contribution in [2.45, 2.75) is 20.0 Å². The third kappa shape index (κ3) is 5.31. The zero-order chi connectivity index (χ0) is 17.6. The van der Waals surface area contributed by atoms with Gasteiger partial charge >= 0.3 is 0 Å². The summed E-state index contributed by atoms with van der Waals surface area (Å²) in [6, 6.07) is 14.9. The van der Waals surface area contributed by atoms with E-state index in [9.17, 15) is 4.79 Å². The summed E-state index contributed by atoms with van der Waals surface area (Å²) in [5.41, 5.74) is 2.59. The lowest BCUT2D eigenvalue weighted by atomic mass is 10.2. The van der Waals surface area contributed by atoms with Crippen LogP contribution in [0, 0.1) is 6.92 Å². The van der Waals surface area contributed by atoms with Crippen LogP contribution in [0.1, 0.15) is 16.3 Å². The predicted octanol–water partition coefficient (Wildman–Crippen LogP) is 4.87. The van der Waals surface area contributed by atoms with Crippen LogP contribution in [0.4, 0.5) is 5.69 Å². The average Bonchev–Trinajstić information content (AvgIpc) is 3.01. The molecule has 0 atom stereocenters. The van der Waals surface area contributed by atoms with Crippen molar-refractivity contribution in [1.29, 1.82) is 0 Å². The van der Waals surface area contributed by atoms with Crippen LogP contribution in [0.2, 0.25) is 5.02 Å². The number of hydrogen-bond donors (Lipinski definition) is 1. The molecule has 0 saturated heterocycles. The molecule has 0 radical (unpaired) electrons. The number of benzene rings is 2. The summed E-state index contributed by atoms with van der Waals surface area (Å²) in [7, 11) is 0. The summed E-state index contributed by atoms with van der Waals surface area (Å²) in [4.78, 5) is 16.5. The molecule has 0 bridgehead atoms. The van der Waals surface area contributed by atoms with E-state index < -0.39 is 0 Å². The quantitative estimate of drug-likeness (QED) is 0.671. The Hall–Kier alpha value is -2.37. The average molecular weight is 373 g/mol. The van der Waals surface area contributed by atoms with E-state index in [-0.39, 0.29) is 12.3 Å². The van der Waals surface area contributed by atoms with Crippen molar-refractivity contribution in [1.82, 2.24) is 4.98 Å². The van der Waals surface area contributed by atoms with Crippen molar-refractivity contribution in [2.75, 3.05) is 5.32 Å². The minimum atomic E-state index is -0.126. The second kappa shape index (κ2) is 8.14. The summed E-state index contributed by atoms with van der Waals surface area (Å²) in [6.07, 6.45) is 0.216. The Balaban J connectivity index is 1.52. The van der Waals surface area contributed by atoms with Crippen LogP contribution >= 0.6 is 22.9 Å². The van der Waals surface area contributed by atoms with E-state index in [1.165, 1.54) is 16.9 Å². The Labute approximate surface area is 155 Å². The molecule has 0 fully saturated rings. The molecule has 0 spiro atoms. The molecule has 0 aliphatic carbocycles. The molecule has 0 aliphatic rings. The fourth-order valence-electron chi connectivity index (χ4n) is 2.21. The van der Waals surface area contributed by atoms with E-state index in [0.717, 1.165) is 16.5 Å². The van der Waals surface area contributed by atoms with Gasteiger partial charge in [0.25, 0.3) is 0 Å². The third-order valence-corrected chi connectivity index (χ3v) is 4.54. The van der Waals surface area contributed by atoms with Gasteiger partial charge in [-0.3, -0.25) is 4.79 Å². The molecule has 25 heavy (non-hydrogen) atoms. The van der Waals surface area contributed by atoms with Crippen LogP contribution in [-0.4, -0.2) is 10.9 Å². The monoisotopic (exact) mass is 372 g/mol. The van der Waals surface area contributed by atoms with Crippen LogP contribution in [0.15, 0.2) is 53.9 Å². The van der Waals surface area contributed by atoms with E-state index in [0.29, 0.717) is 17.3 Å². The van der Waals surface area contributed by atoms with Crippen LogP contribution in [-0.2, 0) is 17.8 Å². The van der Waals surface area contributed by atoms with Crippen molar-refractivity contribution in [2.24, 2.45) is 0 Å². The van der Waals surface area contributed by atoms with Gasteiger partial charge in [0.2, 0.25) is 5.91 Å². The fraction of sp³-hybridized carbons (Fsp3) is 0.158. The first kappa shape index (κ1) is 17.5. The fourth-order valence-corrected chi connectivity index (χ4v) is 3.11. The smallest absolute Gasteiger partial charge is 0.230 e. The molecule has 0 saturated carbocycles. The number of aromatic nitrogens is 1. The Kier molecular flexibility index (Phi) is 5.68. The normalized spacial score (nSPS) is 10.5. The molecule has 3 rings (SSSR count). The number of aryl methyl sites for hydroxylation is 1. The number of nitrogens with zero attached hydrogens (tertiary/aromatic N) is 1. The summed E-state index contributed by atoms with van der Waals surface area (Å²) in [6.45, 7) is 2.43. The maximum Gasteiger partial charge on any atom is 0.230 e. The van der Waals surface area contributed by atoms with Crippen molar-refractivity contribution in [3.05, 3.63) is 75.2 Å². The molecule has 1 heterocycles. The first-order chi connectivity index (χ1) is 12.1. The molecule has 1 aromatic heterocycles. The highest BCUT2D eigenvalue weighted by Gasteiger charge is 2.09. The molecule has 1 N–H and O–H groups in total. The molecule has 6 heteroatoms. The second-order valence-electron chi connectivity index (χ2n) is 5.57. The molecular weight excluding hydrogens is 356 g/mol. The van der Waals surface area contributed by atoms with Gasteiger partial charge in [-0.15, -0.1) is 11.3 Å². The van der Waals surface area contributed by atoms with Crippen molar-refractivity contribution in [3.8, 4) is 5.75 Å². The largest absolute Gasteiger partial charge is 0.486 e. The Morgan fingerprint density at radius 2 is 2.04 bits per heavy atom. The lowest BCUT2D eigenvalue weighted by Crippen LogP contribution is -2.14. The standard InChI is InChI=1S/C19H17ClN2O2S/c1-13-5-7-17(8-6-13)24-11-19-22-16(12-25-19)10-18(23)21-15-4-2-3-14(20)9-15/h2-9,12H,10-11H2,1H3,(H,21,23). The minimum Gasteiger partial charge on any atom is -0.486 e. The molecule has 4 nitrogen and oxygen atoms in total. The van der Waals surface area contributed by atoms with E-state index in [1.807, 2.05) is 36.6 Å². The highest BCUT2D eigenvalue weighted by atomic mass is 35.5. The van der Waals surface area contributed by atoms with Gasteiger partial charge < -0.3 is 10.1 Å². The molecule has 0 aliphatic heterocycles. The first-order valence-electron chi connectivity index (χ1n) is 7.77. The van der Waals surface area contributed by atoms with Gasteiger partial charge in [-0.05, 0) is 37.3 Å². The van der Waals surface area contributed by atoms with Crippen molar-refractivity contribution >= 4 is 34.5 Å². The second-order valence-corrected chi connectivity index (χ2v) is 6.95. The molecule has 2 aromatic carbocycles. The molecule has 128 valence electrons. The van der Waals surface area contributed by atoms with Crippen molar-refractivity contribution < 1.29 is 9.53 Å². The first-order valence-corrected chi connectivity index (χ1v) is 9.02. The Morgan fingerprint density at radius 3 is 2.80 bits per heavy atom. The van der Waals surface area contributed by atoms with Gasteiger partial charge in [0, 0.05) is 16.1 Å². The number of rotatable bonds is 6. The number of hydrogen-bond acceptors (Lipinski definition) is 4. The number of amides is 1. The summed E-state index contributed by atoms with van der Waals surface area (Å²) < 4.78 is 5.71. The van der Waals surface area contributed by atoms with E-state index in [2.05, 4.69) is 10.3 Å². The molecule has 0 unspecified atom stereocenters. The van der Waals surface area contributed by atoms with Crippen LogP contribution in [0.5, 0.6) is 5.75 Å². The topological polar surface area (TPSA) is 51.2 Å². The number of halogens is 1. The van der Waals surface area contributed by atoms with Gasteiger partial charge in [0.1, 0.15) is 17.4 Å². The maximum atomic E-state index is 12.1. The minimum absolute atomic E-state index is 0.126. The zero-order valence-corrected chi connectivity index (χ0v) is 15.2. The number of nitrogens with one attached hydrogen (secondary N) is 1. The molecule has 3 aromatic rings. The predicted molar refractivity (Wildman–Crippen MR) is 101 cm³/mol. The van der Waals surface area contributed by atoms with Crippen LogP contribution < -0.4 is 10.1 Å². The van der Waals surface area contributed by atoms with Gasteiger partial charge in [0.05, 0.1) is 12.1 Å². The number of carbonyl (C=O) groups excluding carboxylic acids is 1. The number of carbonyl (C=O) groups is 1. The Bertz CT molecular complexity index is 862. The lowest BCUT2D eigenvalue weighted by molar-refractivity contribution is -0.115. The highest BCUT2D eigenvalue weighted by molar-refractivity contribution is 7.09. The maximum absolute atomic E-state index is 12.1. The molecular formula is C19H17ClN2O2S. The third-order valence-electron chi connectivity index (χ3n) is 3.43. The zero-order valence-electron chi connectivity index (χ0n) is 13.7. The van der Waals surface area contributed by atoms with Gasteiger partial charge in [-0.25, -0.2) is 4.98 Å². The highest BCUT2D eigenvalue weighted by Crippen LogP contribution is 2.18. The van der Waals surface area contributed by atoms with Crippen LogP contribution in [0.25, 0.3) is 0 Å². The van der Waals surface area contributed by atoms with E-state index in [1.54, 1.807) is 24.3 Å². The van der Waals surface area contributed by atoms with E-state index >= 15 is 0 Å². The van der Waals surface area contributed by atoms with Crippen molar-refractivity contribution in [3.63, 3.8) is 0 Å². The molecule has 1 amide bonds. The Morgan fingerprint density at radius 1 is 1.24 bits per heavy atom. The lowest BCUT2D eigenvalue weighted by Gasteiger charge is -2.04. The SMILES string of the molecule is Cc1ccc(OCc2nc(CC(=O)Nc3cccc(Cl)c3)cs2)cc1. The van der Waals surface area contributed by atoms with Gasteiger partial charge in [0.15, 0.2) is 0 Å². The van der Waals surface area contributed by atoms with Gasteiger partial charge in [-0.1, -0.05) is 35.4 Å².